The molecule has 0 aromatic carbocycles. The molecule has 0 atom stereocenters. The summed E-state index contributed by atoms with van der Waals surface area (Å²) in [7, 11) is 0. The first kappa shape index (κ1) is 26.4. The summed E-state index contributed by atoms with van der Waals surface area (Å²) in [6, 6.07) is 0. The summed E-state index contributed by atoms with van der Waals surface area (Å²) in [6.07, 6.45) is 11.2. The maximum atomic E-state index is 9.92. The van der Waals surface area contributed by atoms with Gasteiger partial charge in [0.25, 0.3) is 0 Å². The molecular formula is C16H30BaO4. The van der Waals surface area contributed by atoms with Gasteiger partial charge in [0.15, 0.2) is 0 Å². The molecule has 4 nitrogen and oxygen atoms in total. The third kappa shape index (κ3) is 33.4. The van der Waals surface area contributed by atoms with Crippen molar-refractivity contribution in [3.63, 3.8) is 0 Å². The molecule has 0 aliphatic carbocycles. The van der Waals surface area contributed by atoms with Crippen LogP contribution in [0.4, 0.5) is 0 Å². The molecule has 0 aromatic heterocycles. The number of hydrogen-bond donors (Lipinski definition) is 0. The zero-order valence-corrected chi connectivity index (χ0v) is 18.3. The predicted molar refractivity (Wildman–Crippen MR) is 82.5 cm³/mol. The molecule has 21 heavy (non-hydrogen) atoms. The number of carboxylic acids is 2. The molecule has 0 heterocycles. The van der Waals surface area contributed by atoms with E-state index in [0.29, 0.717) is 0 Å². The summed E-state index contributed by atoms with van der Waals surface area (Å²) >= 11 is 0. The zero-order valence-electron chi connectivity index (χ0n) is 13.8. The van der Waals surface area contributed by atoms with Crippen LogP contribution in [0.15, 0.2) is 0 Å². The number of carboxylic acid groups (broad SMARTS) is 2. The van der Waals surface area contributed by atoms with Crippen molar-refractivity contribution in [3.8, 4) is 0 Å². The van der Waals surface area contributed by atoms with Gasteiger partial charge in [-0.25, -0.2) is 0 Å². The van der Waals surface area contributed by atoms with Crippen LogP contribution in [-0.4, -0.2) is 60.8 Å². The van der Waals surface area contributed by atoms with Crippen molar-refractivity contribution >= 4 is 60.8 Å². The van der Waals surface area contributed by atoms with Gasteiger partial charge in [0.2, 0.25) is 0 Å². The summed E-state index contributed by atoms with van der Waals surface area (Å²) in [5, 5.41) is 19.8. The van der Waals surface area contributed by atoms with Crippen LogP contribution in [0.3, 0.4) is 0 Å². The van der Waals surface area contributed by atoms with E-state index >= 15 is 0 Å². The zero-order chi connectivity index (χ0) is 15.6. The Kier molecular flexibility index (Phi) is 28.7. The maximum Gasteiger partial charge on any atom is 2.00 e. The van der Waals surface area contributed by atoms with Gasteiger partial charge in [-0.15, -0.1) is 0 Å². The molecule has 0 bridgehead atoms. The monoisotopic (exact) mass is 424 g/mol. The van der Waals surface area contributed by atoms with Crippen LogP contribution in [0.1, 0.15) is 90.9 Å². The predicted octanol–water partition coefficient (Wildman–Crippen LogP) is 1.81. The Hall–Kier alpha value is 0.511. The minimum atomic E-state index is -0.920. The number of rotatable bonds is 12. The first-order valence-corrected chi connectivity index (χ1v) is 7.94. The minimum absolute atomic E-state index is 0. The second-order valence-corrected chi connectivity index (χ2v) is 5.07. The van der Waals surface area contributed by atoms with Gasteiger partial charge in [0.05, 0.1) is 0 Å². The van der Waals surface area contributed by atoms with Crippen molar-refractivity contribution < 1.29 is 19.8 Å². The third-order valence-corrected chi connectivity index (χ3v) is 2.97. The van der Waals surface area contributed by atoms with Gasteiger partial charge in [-0.1, -0.05) is 65.2 Å². The van der Waals surface area contributed by atoms with Gasteiger partial charge in [0, 0.05) is 11.9 Å². The van der Waals surface area contributed by atoms with Crippen molar-refractivity contribution in [2.24, 2.45) is 0 Å². The second kappa shape index (κ2) is 22.8. The Bertz CT molecular complexity index is 208. The molecule has 0 amide bonds. The van der Waals surface area contributed by atoms with Crippen molar-refractivity contribution in [1.29, 1.82) is 0 Å². The van der Waals surface area contributed by atoms with Crippen LogP contribution in [0.25, 0.3) is 0 Å². The van der Waals surface area contributed by atoms with Crippen molar-refractivity contribution in [3.05, 3.63) is 0 Å². The molecule has 0 fully saturated rings. The molecule has 0 rings (SSSR count). The van der Waals surface area contributed by atoms with E-state index in [4.69, 9.17) is 0 Å². The molecule has 0 radical (unpaired) electrons. The molecule has 5 heteroatoms. The van der Waals surface area contributed by atoms with Gasteiger partial charge >= 0.3 is 48.9 Å². The van der Waals surface area contributed by atoms with E-state index in [-0.39, 0.29) is 61.7 Å². The molecule has 0 unspecified atom stereocenters. The number of carbonyl (C=O) groups excluding carboxylic acids is 2. The molecule has 0 saturated heterocycles. The van der Waals surface area contributed by atoms with Gasteiger partial charge in [0.1, 0.15) is 0 Å². The smallest absolute Gasteiger partial charge is 0.550 e. The second-order valence-electron chi connectivity index (χ2n) is 5.07. The van der Waals surface area contributed by atoms with Gasteiger partial charge in [-0.2, -0.15) is 0 Å². The fourth-order valence-electron chi connectivity index (χ4n) is 1.75. The van der Waals surface area contributed by atoms with Crippen LogP contribution in [0.2, 0.25) is 0 Å². The van der Waals surface area contributed by atoms with E-state index in [1.807, 2.05) is 0 Å². The molecule has 0 spiro atoms. The van der Waals surface area contributed by atoms with Crippen LogP contribution in [0.5, 0.6) is 0 Å². The van der Waals surface area contributed by atoms with Crippen LogP contribution in [0, 0.1) is 0 Å². The van der Waals surface area contributed by atoms with E-state index in [0.717, 1.165) is 38.5 Å². The Labute approximate surface area is 170 Å². The number of hydrogen-bond acceptors (Lipinski definition) is 4. The quantitative estimate of drug-likeness (QED) is 0.354. The molecule has 0 N–H and O–H groups in total. The van der Waals surface area contributed by atoms with Crippen LogP contribution < -0.4 is 10.2 Å². The Morgan fingerprint density at radius 3 is 1.14 bits per heavy atom. The van der Waals surface area contributed by atoms with Crippen molar-refractivity contribution in [2.75, 3.05) is 0 Å². The van der Waals surface area contributed by atoms with E-state index < -0.39 is 11.9 Å². The SMILES string of the molecule is CCCCCCCC(=O)[O-].CCCCCCCC(=O)[O-].[Ba+2]. The molecular weight excluding hydrogens is 394 g/mol. The Morgan fingerprint density at radius 1 is 0.619 bits per heavy atom. The minimum Gasteiger partial charge on any atom is -0.550 e. The number of unbranched alkanes of at least 4 members (excludes halogenated alkanes) is 8. The first-order chi connectivity index (χ1) is 9.54. The fraction of sp³-hybridized carbons (Fsp3) is 0.875. The Morgan fingerprint density at radius 2 is 0.905 bits per heavy atom. The summed E-state index contributed by atoms with van der Waals surface area (Å²) in [6.45, 7) is 4.28. The summed E-state index contributed by atoms with van der Waals surface area (Å²) in [5.41, 5.74) is 0. The van der Waals surface area contributed by atoms with Gasteiger partial charge in [-0.3, -0.25) is 0 Å². The molecule has 0 saturated carbocycles. The number of carbonyl (C=O) groups is 2. The van der Waals surface area contributed by atoms with E-state index in [1.165, 1.54) is 25.7 Å². The Balaban J connectivity index is -0.000000295. The fourth-order valence-corrected chi connectivity index (χ4v) is 1.75. The molecule has 0 aromatic rings. The normalized spacial score (nSPS) is 9.24. The van der Waals surface area contributed by atoms with Gasteiger partial charge < -0.3 is 19.8 Å². The average molecular weight is 424 g/mol. The van der Waals surface area contributed by atoms with Crippen LogP contribution in [-0.2, 0) is 9.59 Å². The van der Waals surface area contributed by atoms with Crippen LogP contribution >= 0.6 is 0 Å². The standard InChI is InChI=1S/2C8H16O2.Ba/c2*1-2-3-4-5-6-7-8(9)10;/h2*2-7H2,1H3,(H,9,10);/q;;+2/p-2. The molecule has 0 aliphatic heterocycles. The summed E-state index contributed by atoms with van der Waals surface area (Å²) in [5.74, 6) is -1.84. The average Bonchev–Trinajstić information content (AvgIpc) is 2.38. The maximum absolute atomic E-state index is 9.92. The number of aliphatic carboxylic acids is 2. The largest absolute Gasteiger partial charge is 2.00 e. The first-order valence-electron chi connectivity index (χ1n) is 7.94. The molecule has 0 aliphatic rings. The van der Waals surface area contributed by atoms with Crippen molar-refractivity contribution in [2.45, 2.75) is 90.9 Å². The van der Waals surface area contributed by atoms with E-state index in [1.54, 1.807) is 0 Å². The topological polar surface area (TPSA) is 80.3 Å². The summed E-state index contributed by atoms with van der Waals surface area (Å²) in [4.78, 5) is 19.8. The molecule has 120 valence electrons. The third-order valence-electron chi connectivity index (χ3n) is 2.97. The van der Waals surface area contributed by atoms with Gasteiger partial charge in [-0.05, 0) is 25.7 Å². The van der Waals surface area contributed by atoms with E-state index in [2.05, 4.69) is 13.8 Å². The van der Waals surface area contributed by atoms with E-state index in [9.17, 15) is 19.8 Å². The van der Waals surface area contributed by atoms with Crippen molar-refractivity contribution in [1.82, 2.24) is 0 Å². The summed E-state index contributed by atoms with van der Waals surface area (Å²) < 4.78 is 0.